The number of halogens is 2. The molecule has 184 valence electrons. The van der Waals surface area contributed by atoms with Crippen molar-refractivity contribution in [1.82, 2.24) is 0 Å². The van der Waals surface area contributed by atoms with Gasteiger partial charge in [-0.3, -0.25) is 0 Å². The molecule has 5 aliphatic carbocycles. The molecule has 0 N–H and O–H groups in total. The quantitative estimate of drug-likeness (QED) is 0.350. The van der Waals surface area contributed by atoms with Gasteiger partial charge in [0.25, 0.3) is 0 Å². The molecule has 0 atom stereocenters. The molecule has 0 unspecified atom stereocenters. The van der Waals surface area contributed by atoms with Crippen molar-refractivity contribution in [2.75, 3.05) is 0 Å². The fraction of sp³-hybridized carbons (Fsp3) is 1.00. The molecule has 0 saturated heterocycles. The van der Waals surface area contributed by atoms with Gasteiger partial charge in [-0.05, 0) is 80.5 Å². The first-order chi connectivity index (χ1) is 15.5. The topological polar surface area (TPSA) is 0 Å². The van der Waals surface area contributed by atoms with Crippen LogP contribution in [0.4, 0.5) is 0 Å². The molecule has 0 nitrogen and oxygen atoms in total. The Morgan fingerprint density at radius 3 is 1.19 bits per heavy atom. The summed E-state index contributed by atoms with van der Waals surface area (Å²) in [6, 6.07) is 0. The maximum Gasteiger partial charge on any atom is 0.130 e. The Kier molecular flexibility index (Phi) is 7.00. The number of hydrogen-bond donors (Lipinski definition) is 0. The lowest BCUT2D eigenvalue weighted by molar-refractivity contribution is -0.322. The fourth-order valence-electron chi connectivity index (χ4n) is 11.1. The minimum absolute atomic E-state index is 0.201. The lowest BCUT2D eigenvalue weighted by atomic mass is 9.24. The smallest absolute Gasteiger partial charge is 0.100 e. The van der Waals surface area contributed by atoms with Gasteiger partial charge < -0.3 is 0 Å². The molecule has 2 spiro atoms. The first-order valence-electron chi connectivity index (χ1n) is 14.9. The van der Waals surface area contributed by atoms with Crippen LogP contribution in [0.3, 0.4) is 0 Å². The Balaban J connectivity index is 1.61. The molecule has 0 aromatic heterocycles. The van der Waals surface area contributed by atoms with Crippen LogP contribution in [-0.4, -0.2) is 4.33 Å². The van der Waals surface area contributed by atoms with E-state index < -0.39 is 4.33 Å². The molecule has 0 aromatic rings. The van der Waals surface area contributed by atoms with Crippen LogP contribution < -0.4 is 0 Å². The Hall–Kier alpha value is 0.580. The molecule has 32 heavy (non-hydrogen) atoms. The van der Waals surface area contributed by atoms with Gasteiger partial charge in [-0.2, -0.15) is 0 Å². The van der Waals surface area contributed by atoms with E-state index in [1.165, 1.54) is 128 Å². The Labute approximate surface area is 209 Å². The second-order valence-electron chi connectivity index (χ2n) is 13.0. The molecule has 0 bridgehead atoms. The van der Waals surface area contributed by atoms with Crippen molar-refractivity contribution in [3.8, 4) is 0 Å². The number of rotatable bonds is 4. The van der Waals surface area contributed by atoms with E-state index in [2.05, 4.69) is 13.8 Å². The van der Waals surface area contributed by atoms with Crippen molar-refractivity contribution in [3.63, 3.8) is 0 Å². The summed E-state index contributed by atoms with van der Waals surface area (Å²) >= 11 is 15.6. The van der Waals surface area contributed by atoms with Crippen LogP contribution in [-0.2, 0) is 0 Å². The third kappa shape index (κ3) is 3.12. The lowest BCUT2D eigenvalue weighted by Crippen LogP contribution is -2.83. The summed E-state index contributed by atoms with van der Waals surface area (Å²) in [6.07, 6.45) is 28.1. The van der Waals surface area contributed by atoms with E-state index in [9.17, 15) is 0 Å². The predicted molar refractivity (Wildman–Crippen MR) is 139 cm³/mol. The fourth-order valence-corrected chi connectivity index (χ4v) is 12.5. The van der Waals surface area contributed by atoms with E-state index in [4.69, 9.17) is 23.2 Å². The first-order valence-corrected chi connectivity index (χ1v) is 15.6. The van der Waals surface area contributed by atoms with Crippen LogP contribution in [0.25, 0.3) is 0 Å². The Morgan fingerprint density at radius 1 is 0.531 bits per heavy atom. The van der Waals surface area contributed by atoms with Crippen LogP contribution in [0.5, 0.6) is 0 Å². The molecule has 5 saturated carbocycles. The average molecular weight is 482 g/mol. The van der Waals surface area contributed by atoms with Crippen LogP contribution in [0.15, 0.2) is 0 Å². The van der Waals surface area contributed by atoms with E-state index in [0.29, 0.717) is 5.41 Å². The van der Waals surface area contributed by atoms with E-state index >= 15 is 0 Å². The van der Waals surface area contributed by atoms with Crippen LogP contribution in [0.2, 0.25) is 0 Å². The van der Waals surface area contributed by atoms with E-state index in [1.807, 2.05) is 0 Å². The molecule has 0 radical (unpaired) electrons. The van der Waals surface area contributed by atoms with Gasteiger partial charge in [0.1, 0.15) is 4.33 Å². The van der Waals surface area contributed by atoms with Crippen molar-refractivity contribution in [2.45, 2.75) is 147 Å². The van der Waals surface area contributed by atoms with Gasteiger partial charge in [-0.25, -0.2) is 0 Å². The third-order valence-corrected chi connectivity index (χ3v) is 13.8. The van der Waals surface area contributed by atoms with E-state index in [0.717, 1.165) is 23.7 Å². The van der Waals surface area contributed by atoms with Crippen LogP contribution in [0.1, 0.15) is 142 Å². The van der Waals surface area contributed by atoms with Crippen molar-refractivity contribution >= 4 is 23.2 Å². The zero-order chi connectivity index (χ0) is 22.5. The van der Waals surface area contributed by atoms with Gasteiger partial charge >= 0.3 is 0 Å². The summed E-state index contributed by atoms with van der Waals surface area (Å²) in [6.45, 7) is 4.84. The largest absolute Gasteiger partial charge is 0.130 e. The molecule has 5 rings (SSSR count). The van der Waals surface area contributed by atoms with E-state index in [-0.39, 0.29) is 10.8 Å². The summed E-state index contributed by atoms with van der Waals surface area (Å²) in [5.41, 5.74) is 0.833. The standard InChI is InChI=1S/C30H50Cl2/c1-3-23-11-15-25(16-12-23)29(26-17-13-24(4-2)14-18-26)27(19-7-5-8-20-27)30(31,32)28(29)21-9-6-10-22-28/h23-26H,3-22H2,1-2H3. The summed E-state index contributed by atoms with van der Waals surface area (Å²) in [7, 11) is 0. The Bertz CT molecular complexity index is 569. The highest BCUT2D eigenvalue weighted by Gasteiger charge is 2.87. The Morgan fingerprint density at radius 2 is 0.875 bits per heavy atom. The van der Waals surface area contributed by atoms with Gasteiger partial charge in [0.15, 0.2) is 0 Å². The molecule has 5 aliphatic rings. The normalized spacial score (nSPS) is 40.1. The monoisotopic (exact) mass is 480 g/mol. The molecule has 0 aromatic carbocycles. The minimum atomic E-state index is -0.482. The molecule has 0 heterocycles. The van der Waals surface area contributed by atoms with Gasteiger partial charge in [0.2, 0.25) is 0 Å². The molecular weight excluding hydrogens is 431 g/mol. The zero-order valence-electron chi connectivity index (χ0n) is 21.2. The summed E-state index contributed by atoms with van der Waals surface area (Å²) < 4.78 is -0.482. The summed E-state index contributed by atoms with van der Waals surface area (Å²) in [5, 5.41) is 0. The highest BCUT2D eigenvalue weighted by Crippen LogP contribution is 2.90. The van der Waals surface area contributed by atoms with Gasteiger partial charge in [-0.15, -0.1) is 23.2 Å². The molecule has 5 fully saturated rings. The van der Waals surface area contributed by atoms with Gasteiger partial charge in [-0.1, -0.05) is 90.9 Å². The maximum atomic E-state index is 7.78. The SMILES string of the molecule is CCC1CCC(C2(C3CCC(CC)CC3)C3(CCCCC3)C(Cl)(Cl)C23CCCCC3)CC1. The first kappa shape index (κ1) is 24.3. The van der Waals surface area contributed by atoms with Crippen molar-refractivity contribution < 1.29 is 0 Å². The highest BCUT2D eigenvalue weighted by molar-refractivity contribution is 6.50. The second kappa shape index (κ2) is 9.22. The van der Waals surface area contributed by atoms with Crippen molar-refractivity contribution in [3.05, 3.63) is 0 Å². The number of hydrogen-bond acceptors (Lipinski definition) is 0. The van der Waals surface area contributed by atoms with Crippen molar-refractivity contribution in [1.29, 1.82) is 0 Å². The maximum absolute atomic E-state index is 7.78. The van der Waals surface area contributed by atoms with Crippen LogP contribution in [0, 0.1) is 39.9 Å². The lowest BCUT2D eigenvalue weighted by Gasteiger charge is -2.84. The third-order valence-electron chi connectivity index (χ3n) is 12.3. The highest BCUT2D eigenvalue weighted by atomic mass is 35.5. The average Bonchev–Trinajstić information content (AvgIpc) is 2.86. The summed E-state index contributed by atoms with van der Waals surface area (Å²) in [4.78, 5) is 0. The van der Waals surface area contributed by atoms with Crippen LogP contribution >= 0.6 is 23.2 Å². The summed E-state index contributed by atoms with van der Waals surface area (Å²) in [5.74, 6) is 3.71. The molecule has 2 heteroatoms. The molecular formula is C30H50Cl2. The van der Waals surface area contributed by atoms with E-state index in [1.54, 1.807) is 0 Å². The number of alkyl halides is 2. The minimum Gasteiger partial charge on any atom is -0.100 e. The second-order valence-corrected chi connectivity index (χ2v) is 14.3. The van der Waals surface area contributed by atoms with Gasteiger partial charge in [0, 0.05) is 10.8 Å². The van der Waals surface area contributed by atoms with Crippen molar-refractivity contribution in [2.24, 2.45) is 39.9 Å². The predicted octanol–water partition coefficient (Wildman–Crippen LogP) is 10.5. The molecule has 0 aliphatic heterocycles. The zero-order valence-corrected chi connectivity index (χ0v) is 22.7. The molecule has 0 amide bonds. The van der Waals surface area contributed by atoms with Gasteiger partial charge in [0.05, 0.1) is 0 Å².